The number of anilines is 1. The SMILES string of the molecule is Cc1ccc2c(c1)NC(=O)[C@@H](CC(=O)NCc1cccnc1)O2. The van der Waals surface area contributed by atoms with E-state index in [1.165, 1.54) is 0 Å². The number of aryl methyl sites for hydroxylation is 1. The van der Waals surface area contributed by atoms with Gasteiger partial charge in [0.2, 0.25) is 5.91 Å². The number of carbonyl (C=O) groups excluding carboxylic acids is 2. The van der Waals surface area contributed by atoms with Crippen LogP contribution in [-0.4, -0.2) is 22.9 Å². The van der Waals surface area contributed by atoms with E-state index in [0.29, 0.717) is 18.0 Å². The lowest BCUT2D eigenvalue weighted by Crippen LogP contribution is -2.40. The summed E-state index contributed by atoms with van der Waals surface area (Å²) in [6.07, 6.45) is 2.51. The van der Waals surface area contributed by atoms with Crippen LogP contribution in [0.15, 0.2) is 42.7 Å². The second kappa shape index (κ2) is 6.48. The van der Waals surface area contributed by atoms with Crippen molar-refractivity contribution in [2.75, 3.05) is 5.32 Å². The van der Waals surface area contributed by atoms with E-state index < -0.39 is 6.10 Å². The number of ether oxygens (including phenoxy) is 1. The number of benzene rings is 1. The molecule has 118 valence electrons. The van der Waals surface area contributed by atoms with Crippen LogP contribution in [0, 0.1) is 6.92 Å². The van der Waals surface area contributed by atoms with Crippen molar-refractivity contribution in [3.05, 3.63) is 53.9 Å². The minimum Gasteiger partial charge on any atom is -0.478 e. The molecular formula is C17H17N3O3. The zero-order valence-electron chi connectivity index (χ0n) is 12.7. The summed E-state index contributed by atoms with van der Waals surface area (Å²) in [6.45, 7) is 2.31. The molecule has 0 saturated carbocycles. The Morgan fingerprint density at radius 3 is 3.04 bits per heavy atom. The molecule has 3 rings (SSSR count). The smallest absolute Gasteiger partial charge is 0.266 e. The number of nitrogens with zero attached hydrogens (tertiary/aromatic N) is 1. The summed E-state index contributed by atoms with van der Waals surface area (Å²) in [5.41, 5.74) is 2.57. The lowest BCUT2D eigenvalue weighted by molar-refractivity contribution is -0.130. The number of fused-ring (bicyclic) bond motifs is 1. The maximum Gasteiger partial charge on any atom is 0.266 e. The molecule has 23 heavy (non-hydrogen) atoms. The molecule has 0 saturated heterocycles. The van der Waals surface area contributed by atoms with Crippen LogP contribution in [0.4, 0.5) is 5.69 Å². The van der Waals surface area contributed by atoms with Gasteiger partial charge in [-0.05, 0) is 36.2 Å². The number of pyridine rings is 1. The van der Waals surface area contributed by atoms with Crippen molar-refractivity contribution in [3.8, 4) is 5.75 Å². The number of hydrogen-bond acceptors (Lipinski definition) is 4. The van der Waals surface area contributed by atoms with E-state index >= 15 is 0 Å². The molecule has 1 aromatic heterocycles. The Kier molecular flexibility index (Phi) is 4.23. The predicted molar refractivity (Wildman–Crippen MR) is 84.9 cm³/mol. The number of nitrogens with one attached hydrogen (secondary N) is 2. The van der Waals surface area contributed by atoms with E-state index in [2.05, 4.69) is 15.6 Å². The van der Waals surface area contributed by atoms with Gasteiger partial charge in [-0.15, -0.1) is 0 Å². The van der Waals surface area contributed by atoms with Gasteiger partial charge in [-0.1, -0.05) is 12.1 Å². The van der Waals surface area contributed by atoms with Gasteiger partial charge in [-0.25, -0.2) is 0 Å². The minimum atomic E-state index is -0.820. The minimum absolute atomic E-state index is 0.0284. The number of aromatic nitrogens is 1. The summed E-state index contributed by atoms with van der Waals surface area (Å²) in [6, 6.07) is 9.21. The van der Waals surface area contributed by atoms with Crippen molar-refractivity contribution in [1.82, 2.24) is 10.3 Å². The van der Waals surface area contributed by atoms with E-state index in [-0.39, 0.29) is 18.2 Å². The van der Waals surface area contributed by atoms with Gasteiger partial charge in [0, 0.05) is 18.9 Å². The van der Waals surface area contributed by atoms with Crippen molar-refractivity contribution >= 4 is 17.5 Å². The van der Waals surface area contributed by atoms with Gasteiger partial charge in [0.05, 0.1) is 12.1 Å². The number of amides is 2. The summed E-state index contributed by atoms with van der Waals surface area (Å²) in [5, 5.41) is 5.54. The Morgan fingerprint density at radius 2 is 2.26 bits per heavy atom. The van der Waals surface area contributed by atoms with Crippen LogP contribution < -0.4 is 15.4 Å². The standard InChI is InChI=1S/C17H17N3O3/c1-11-4-5-14-13(7-11)20-17(22)15(23-14)8-16(21)19-10-12-3-2-6-18-9-12/h2-7,9,15H,8,10H2,1H3,(H,19,21)(H,20,22)/t15-/m1/s1. The molecule has 1 atom stereocenters. The fourth-order valence-electron chi connectivity index (χ4n) is 2.34. The number of hydrogen-bond donors (Lipinski definition) is 2. The molecule has 2 N–H and O–H groups in total. The first-order chi connectivity index (χ1) is 11.1. The molecule has 0 bridgehead atoms. The van der Waals surface area contributed by atoms with Crippen LogP contribution in [0.1, 0.15) is 17.5 Å². The highest BCUT2D eigenvalue weighted by Crippen LogP contribution is 2.30. The molecule has 2 aromatic rings. The van der Waals surface area contributed by atoms with Gasteiger partial charge in [-0.2, -0.15) is 0 Å². The molecule has 6 nitrogen and oxygen atoms in total. The number of rotatable bonds is 4. The molecule has 1 aliphatic heterocycles. The molecule has 0 unspecified atom stereocenters. The zero-order chi connectivity index (χ0) is 16.2. The fraction of sp³-hybridized carbons (Fsp3) is 0.235. The Morgan fingerprint density at radius 1 is 1.39 bits per heavy atom. The maximum absolute atomic E-state index is 12.1. The van der Waals surface area contributed by atoms with Crippen molar-refractivity contribution in [3.63, 3.8) is 0 Å². The monoisotopic (exact) mass is 311 g/mol. The van der Waals surface area contributed by atoms with Crippen molar-refractivity contribution < 1.29 is 14.3 Å². The first-order valence-corrected chi connectivity index (χ1v) is 7.35. The molecule has 2 amide bonds. The molecular weight excluding hydrogens is 294 g/mol. The van der Waals surface area contributed by atoms with Crippen LogP contribution in [0.5, 0.6) is 5.75 Å². The third kappa shape index (κ3) is 3.66. The first kappa shape index (κ1) is 15.0. The first-order valence-electron chi connectivity index (χ1n) is 7.35. The summed E-state index contributed by atoms with van der Waals surface area (Å²) in [4.78, 5) is 28.0. The van der Waals surface area contributed by atoms with Crippen molar-refractivity contribution in [2.45, 2.75) is 26.0 Å². The van der Waals surface area contributed by atoms with Crippen LogP contribution >= 0.6 is 0 Å². The number of carbonyl (C=O) groups is 2. The molecule has 2 heterocycles. The lowest BCUT2D eigenvalue weighted by Gasteiger charge is -2.25. The molecule has 0 spiro atoms. The Bertz CT molecular complexity index is 731. The van der Waals surface area contributed by atoms with Crippen molar-refractivity contribution in [1.29, 1.82) is 0 Å². The topological polar surface area (TPSA) is 80.3 Å². The second-order valence-corrected chi connectivity index (χ2v) is 5.44. The van der Waals surface area contributed by atoms with Gasteiger partial charge in [0.15, 0.2) is 6.10 Å². The Hall–Kier alpha value is -2.89. The van der Waals surface area contributed by atoms with Gasteiger partial charge >= 0.3 is 0 Å². The Balaban J connectivity index is 1.58. The van der Waals surface area contributed by atoms with E-state index in [1.807, 2.05) is 25.1 Å². The molecule has 1 aromatic carbocycles. The van der Waals surface area contributed by atoms with E-state index in [0.717, 1.165) is 11.1 Å². The third-order valence-corrected chi connectivity index (χ3v) is 3.54. The van der Waals surface area contributed by atoms with Crippen LogP contribution in [-0.2, 0) is 16.1 Å². The third-order valence-electron chi connectivity index (χ3n) is 3.54. The summed E-state index contributed by atoms with van der Waals surface area (Å²) >= 11 is 0. The average molecular weight is 311 g/mol. The highest BCUT2D eigenvalue weighted by molar-refractivity contribution is 6.00. The zero-order valence-corrected chi connectivity index (χ0v) is 12.7. The van der Waals surface area contributed by atoms with Crippen molar-refractivity contribution in [2.24, 2.45) is 0 Å². The van der Waals surface area contributed by atoms with Gasteiger partial charge in [0.25, 0.3) is 5.91 Å². The van der Waals surface area contributed by atoms with E-state index in [1.54, 1.807) is 24.5 Å². The van der Waals surface area contributed by atoms with Gasteiger partial charge in [-0.3, -0.25) is 14.6 Å². The fourth-order valence-corrected chi connectivity index (χ4v) is 2.34. The average Bonchev–Trinajstić information content (AvgIpc) is 2.55. The summed E-state index contributed by atoms with van der Waals surface area (Å²) < 4.78 is 5.64. The van der Waals surface area contributed by atoms with E-state index in [9.17, 15) is 9.59 Å². The van der Waals surface area contributed by atoms with Gasteiger partial charge < -0.3 is 15.4 Å². The summed E-state index contributed by atoms with van der Waals surface area (Å²) in [5.74, 6) is 0.0319. The predicted octanol–water partition coefficient (Wildman–Crippen LogP) is 1.80. The van der Waals surface area contributed by atoms with Crippen LogP contribution in [0.3, 0.4) is 0 Å². The molecule has 0 radical (unpaired) electrons. The largest absolute Gasteiger partial charge is 0.478 e. The highest BCUT2D eigenvalue weighted by atomic mass is 16.5. The highest BCUT2D eigenvalue weighted by Gasteiger charge is 2.29. The molecule has 0 fully saturated rings. The molecule has 6 heteroatoms. The lowest BCUT2D eigenvalue weighted by atomic mass is 10.1. The Labute approximate surface area is 133 Å². The molecule has 1 aliphatic rings. The van der Waals surface area contributed by atoms with Crippen LogP contribution in [0.25, 0.3) is 0 Å². The summed E-state index contributed by atoms with van der Waals surface area (Å²) in [7, 11) is 0. The maximum atomic E-state index is 12.1. The van der Waals surface area contributed by atoms with Crippen LogP contribution in [0.2, 0.25) is 0 Å². The normalized spacial score (nSPS) is 16.0. The quantitative estimate of drug-likeness (QED) is 0.902. The van der Waals surface area contributed by atoms with E-state index in [4.69, 9.17) is 4.74 Å². The van der Waals surface area contributed by atoms with Gasteiger partial charge in [0.1, 0.15) is 5.75 Å². The second-order valence-electron chi connectivity index (χ2n) is 5.44. The molecule has 0 aliphatic carbocycles.